The Morgan fingerprint density at radius 2 is 0.654 bits per heavy atom. The van der Waals surface area contributed by atoms with Gasteiger partial charge < -0.3 is 9.13 Å². The van der Waals surface area contributed by atoms with Crippen molar-refractivity contribution in [3.05, 3.63) is 193 Å². The quantitative estimate of drug-likeness (QED) is 0.173. The van der Waals surface area contributed by atoms with Gasteiger partial charge in [0.05, 0.1) is 22.1 Å². The summed E-state index contributed by atoms with van der Waals surface area (Å²) in [6.07, 6.45) is 0. The highest BCUT2D eigenvalue weighted by Crippen LogP contribution is 2.38. The molecule has 0 aliphatic rings. The third-order valence-corrected chi connectivity index (χ3v) is 10.6. The lowest BCUT2D eigenvalue weighted by Gasteiger charge is -2.11. The Morgan fingerprint density at radius 3 is 1.17 bits per heavy atom. The summed E-state index contributed by atoms with van der Waals surface area (Å²) in [5.41, 5.74) is 17.2. The second-order valence-electron chi connectivity index (χ2n) is 14.0. The number of fused-ring (bicyclic) bond motifs is 6. The van der Waals surface area contributed by atoms with E-state index in [0.29, 0.717) is 0 Å². The van der Waals surface area contributed by atoms with Crippen LogP contribution in [-0.2, 0) is 0 Å². The standard InChI is InChI=1S/C50H36N2/c1-33-28-34(2)30-40(29-33)37-18-16-35(17-19-37)36-20-24-42(25-21-36)52-48-15-9-7-13-44(48)46-32-39(23-27-50(46)52)38-22-26-49-45(31-38)43-12-6-8-14-47(43)51(49)41-10-4-3-5-11-41/h3-32H,1-2H3. The normalized spacial score (nSPS) is 11.7. The highest BCUT2D eigenvalue weighted by Gasteiger charge is 2.16. The molecular weight excluding hydrogens is 629 g/mol. The van der Waals surface area contributed by atoms with Crippen LogP contribution in [0.1, 0.15) is 11.1 Å². The van der Waals surface area contributed by atoms with Crippen molar-refractivity contribution in [2.75, 3.05) is 0 Å². The molecule has 10 rings (SSSR count). The van der Waals surface area contributed by atoms with Crippen LogP contribution < -0.4 is 0 Å². The van der Waals surface area contributed by atoms with Crippen LogP contribution in [0.2, 0.25) is 0 Å². The van der Waals surface area contributed by atoms with Gasteiger partial charge in [-0.1, -0.05) is 132 Å². The van der Waals surface area contributed by atoms with E-state index in [9.17, 15) is 0 Å². The molecule has 2 aromatic heterocycles. The topological polar surface area (TPSA) is 9.86 Å². The van der Waals surface area contributed by atoms with Crippen LogP contribution in [-0.4, -0.2) is 9.13 Å². The Kier molecular flexibility index (Phi) is 6.97. The largest absolute Gasteiger partial charge is 0.309 e. The van der Waals surface area contributed by atoms with Crippen LogP contribution >= 0.6 is 0 Å². The molecule has 0 spiro atoms. The Hall–Kier alpha value is -6.64. The molecule has 0 aliphatic carbocycles. The number of rotatable bonds is 5. The first-order chi connectivity index (χ1) is 25.6. The van der Waals surface area contributed by atoms with Crippen molar-refractivity contribution >= 4 is 43.6 Å². The Balaban J connectivity index is 1.03. The zero-order chi connectivity index (χ0) is 34.8. The SMILES string of the molecule is Cc1cc(C)cc(-c2ccc(-c3ccc(-n4c5ccccc5c5cc(-c6ccc7c(c6)c6ccccc6n7-c6ccccc6)ccc54)cc3)cc2)c1. The van der Waals surface area contributed by atoms with Gasteiger partial charge in [-0.15, -0.1) is 0 Å². The van der Waals surface area contributed by atoms with E-state index in [1.165, 1.54) is 93.8 Å². The van der Waals surface area contributed by atoms with Gasteiger partial charge in [0.2, 0.25) is 0 Å². The number of para-hydroxylation sites is 3. The van der Waals surface area contributed by atoms with Gasteiger partial charge in [-0.25, -0.2) is 0 Å². The molecule has 0 atom stereocenters. The number of nitrogens with zero attached hydrogens (tertiary/aromatic N) is 2. The van der Waals surface area contributed by atoms with E-state index in [2.05, 4.69) is 205 Å². The lowest BCUT2D eigenvalue weighted by Crippen LogP contribution is -1.94. The van der Waals surface area contributed by atoms with E-state index in [-0.39, 0.29) is 0 Å². The predicted octanol–water partition coefficient (Wildman–Crippen LogP) is 13.5. The monoisotopic (exact) mass is 664 g/mol. The first-order valence-electron chi connectivity index (χ1n) is 18.0. The smallest absolute Gasteiger partial charge is 0.0541 e. The fourth-order valence-corrected chi connectivity index (χ4v) is 8.24. The van der Waals surface area contributed by atoms with Crippen molar-refractivity contribution in [3.8, 4) is 44.8 Å². The van der Waals surface area contributed by atoms with Crippen LogP contribution in [0, 0.1) is 13.8 Å². The van der Waals surface area contributed by atoms with Crippen molar-refractivity contribution < 1.29 is 0 Å². The molecule has 8 aromatic carbocycles. The van der Waals surface area contributed by atoms with Crippen molar-refractivity contribution in [1.82, 2.24) is 9.13 Å². The summed E-state index contributed by atoms with van der Waals surface area (Å²) in [7, 11) is 0. The second-order valence-corrected chi connectivity index (χ2v) is 14.0. The van der Waals surface area contributed by atoms with Gasteiger partial charge in [-0.05, 0) is 108 Å². The highest BCUT2D eigenvalue weighted by atomic mass is 15.0. The average Bonchev–Trinajstić information content (AvgIpc) is 3.70. The van der Waals surface area contributed by atoms with Crippen molar-refractivity contribution in [3.63, 3.8) is 0 Å². The first kappa shape index (κ1) is 30.2. The second kappa shape index (κ2) is 12.0. The van der Waals surface area contributed by atoms with Gasteiger partial charge >= 0.3 is 0 Å². The van der Waals surface area contributed by atoms with Crippen LogP contribution in [0.3, 0.4) is 0 Å². The number of aromatic nitrogens is 2. The fraction of sp³-hybridized carbons (Fsp3) is 0.0400. The third-order valence-electron chi connectivity index (χ3n) is 10.6. The minimum absolute atomic E-state index is 1.16. The molecule has 2 heterocycles. The van der Waals surface area contributed by atoms with E-state index in [0.717, 1.165) is 5.69 Å². The molecule has 52 heavy (non-hydrogen) atoms. The number of hydrogen-bond donors (Lipinski definition) is 0. The van der Waals surface area contributed by atoms with Gasteiger partial charge in [0.15, 0.2) is 0 Å². The van der Waals surface area contributed by atoms with E-state index in [1.54, 1.807) is 0 Å². The minimum Gasteiger partial charge on any atom is -0.309 e. The van der Waals surface area contributed by atoms with E-state index in [1.807, 2.05) is 0 Å². The average molecular weight is 665 g/mol. The molecule has 0 saturated heterocycles. The number of aryl methyl sites for hydroxylation is 2. The summed E-state index contributed by atoms with van der Waals surface area (Å²) in [5, 5.41) is 5.04. The van der Waals surface area contributed by atoms with Crippen molar-refractivity contribution in [2.24, 2.45) is 0 Å². The summed E-state index contributed by atoms with van der Waals surface area (Å²) < 4.78 is 4.77. The lowest BCUT2D eigenvalue weighted by molar-refractivity contribution is 1.18. The first-order valence-corrected chi connectivity index (χ1v) is 18.0. The Bertz CT molecular complexity index is 2920. The maximum Gasteiger partial charge on any atom is 0.0541 e. The number of benzene rings is 8. The zero-order valence-electron chi connectivity index (χ0n) is 29.2. The van der Waals surface area contributed by atoms with Gasteiger partial charge in [0.1, 0.15) is 0 Å². The molecule has 2 heteroatoms. The fourth-order valence-electron chi connectivity index (χ4n) is 8.24. The molecule has 0 saturated carbocycles. The third kappa shape index (κ3) is 4.95. The maximum absolute atomic E-state index is 2.40. The lowest BCUT2D eigenvalue weighted by atomic mass is 9.98. The van der Waals surface area contributed by atoms with Crippen molar-refractivity contribution in [1.29, 1.82) is 0 Å². The molecule has 0 N–H and O–H groups in total. The summed E-state index contributed by atoms with van der Waals surface area (Å²) >= 11 is 0. The van der Waals surface area contributed by atoms with Crippen LogP contribution in [0.25, 0.3) is 88.4 Å². The molecule has 0 fully saturated rings. The molecule has 0 radical (unpaired) electrons. The van der Waals surface area contributed by atoms with Crippen molar-refractivity contribution in [2.45, 2.75) is 13.8 Å². The number of hydrogen-bond acceptors (Lipinski definition) is 0. The van der Waals surface area contributed by atoms with E-state index >= 15 is 0 Å². The van der Waals surface area contributed by atoms with Crippen LogP contribution in [0.15, 0.2) is 182 Å². The molecule has 246 valence electrons. The maximum atomic E-state index is 2.40. The van der Waals surface area contributed by atoms with Crippen LogP contribution in [0.5, 0.6) is 0 Å². The molecule has 2 nitrogen and oxygen atoms in total. The summed E-state index contributed by atoms with van der Waals surface area (Å²) in [5.74, 6) is 0. The van der Waals surface area contributed by atoms with E-state index < -0.39 is 0 Å². The Morgan fingerprint density at radius 1 is 0.269 bits per heavy atom. The van der Waals surface area contributed by atoms with E-state index in [4.69, 9.17) is 0 Å². The highest BCUT2D eigenvalue weighted by molar-refractivity contribution is 6.12. The minimum atomic E-state index is 1.16. The molecular formula is C50H36N2. The molecule has 10 aromatic rings. The summed E-state index contributed by atoms with van der Waals surface area (Å²) in [6, 6.07) is 66.7. The van der Waals surface area contributed by atoms with Gasteiger partial charge in [0, 0.05) is 32.9 Å². The summed E-state index contributed by atoms with van der Waals surface area (Å²) in [4.78, 5) is 0. The van der Waals surface area contributed by atoms with Gasteiger partial charge in [-0.2, -0.15) is 0 Å². The molecule has 0 aliphatic heterocycles. The van der Waals surface area contributed by atoms with Gasteiger partial charge in [-0.3, -0.25) is 0 Å². The molecule has 0 unspecified atom stereocenters. The predicted molar refractivity (Wildman–Crippen MR) is 221 cm³/mol. The molecule has 0 amide bonds. The molecule has 0 bridgehead atoms. The van der Waals surface area contributed by atoms with Crippen LogP contribution in [0.4, 0.5) is 0 Å². The summed E-state index contributed by atoms with van der Waals surface area (Å²) in [6.45, 7) is 4.32. The zero-order valence-corrected chi connectivity index (χ0v) is 29.2. The Labute approximate surface area is 303 Å². The van der Waals surface area contributed by atoms with Gasteiger partial charge in [0.25, 0.3) is 0 Å².